The lowest BCUT2D eigenvalue weighted by Crippen LogP contribution is -2.29. The molecule has 1 aliphatic rings. The van der Waals surface area contributed by atoms with Crippen LogP contribution in [0, 0.1) is 0 Å². The van der Waals surface area contributed by atoms with Crippen molar-refractivity contribution in [1.29, 1.82) is 0 Å². The third kappa shape index (κ3) is 1.90. The Kier molecular flexibility index (Phi) is 3.40. The summed E-state index contributed by atoms with van der Waals surface area (Å²) in [6.45, 7) is 7.05. The second-order valence-electron chi connectivity index (χ2n) is 3.96. The second kappa shape index (κ2) is 4.80. The smallest absolute Gasteiger partial charge is 0.224 e. The molecule has 0 amide bonds. The summed E-state index contributed by atoms with van der Waals surface area (Å²) in [6.07, 6.45) is 0. The molecule has 1 aromatic rings. The van der Waals surface area contributed by atoms with Crippen LogP contribution in [-0.2, 0) is 11.3 Å². The van der Waals surface area contributed by atoms with Gasteiger partial charge in [0.1, 0.15) is 5.82 Å². The lowest BCUT2D eigenvalue weighted by molar-refractivity contribution is 0.190. The first kappa shape index (κ1) is 11.3. The number of hydrogen-bond donors (Lipinski definition) is 2. The zero-order valence-electron chi connectivity index (χ0n) is 9.81. The number of nitrogens with two attached hydrogens (primary N) is 1. The quantitative estimate of drug-likeness (QED) is 0.763. The minimum atomic E-state index is 0.0315. The molecule has 2 heterocycles. The predicted octanol–water partition coefficient (Wildman–Crippen LogP) is 0.171. The van der Waals surface area contributed by atoms with Gasteiger partial charge in [-0.05, 0) is 13.8 Å². The first-order valence-corrected chi connectivity index (χ1v) is 5.78. The molecule has 0 radical (unpaired) electrons. The number of ether oxygens (including phenoxy) is 1. The van der Waals surface area contributed by atoms with Crippen molar-refractivity contribution in [3.8, 4) is 0 Å². The Morgan fingerprint density at radius 2 is 2.25 bits per heavy atom. The molecule has 1 aromatic heterocycles. The van der Waals surface area contributed by atoms with Gasteiger partial charge in [-0.25, -0.2) is 0 Å². The fraction of sp³-hybridized carbons (Fsp3) is 0.800. The van der Waals surface area contributed by atoms with E-state index < -0.39 is 0 Å². The molecule has 0 spiro atoms. The Balaban J connectivity index is 2.26. The molecular weight excluding hydrogens is 206 g/mol. The van der Waals surface area contributed by atoms with Crippen molar-refractivity contribution in [3.63, 3.8) is 0 Å². The topological polar surface area (TPSA) is 78.0 Å². The summed E-state index contributed by atoms with van der Waals surface area (Å²) in [5, 5.41) is 11.6. The summed E-state index contributed by atoms with van der Waals surface area (Å²) >= 11 is 0. The summed E-state index contributed by atoms with van der Waals surface area (Å²) < 4.78 is 7.44. The highest BCUT2D eigenvalue weighted by Gasteiger charge is 2.31. The molecule has 0 saturated carbocycles. The number of nitrogens with one attached hydrogen (secondary N) is 1. The highest BCUT2D eigenvalue weighted by atomic mass is 16.5. The Bertz CT molecular complexity index is 351. The van der Waals surface area contributed by atoms with Crippen LogP contribution in [0.25, 0.3) is 0 Å². The van der Waals surface area contributed by atoms with Crippen molar-refractivity contribution >= 4 is 5.95 Å². The fourth-order valence-electron chi connectivity index (χ4n) is 2.03. The number of anilines is 1. The van der Waals surface area contributed by atoms with E-state index in [0.29, 0.717) is 13.2 Å². The van der Waals surface area contributed by atoms with Gasteiger partial charge in [-0.3, -0.25) is 4.57 Å². The molecule has 6 heteroatoms. The summed E-state index contributed by atoms with van der Waals surface area (Å²) in [4.78, 5) is 0. The van der Waals surface area contributed by atoms with Crippen LogP contribution >= 0.6 is 0 Å². The Hall–Kier alpha value is -1.14. The van der Waals surface area contributed by atoms with Gasteiger partial charge in [-0.1, -0.05) is 0 Å². The molecule has 0 aromatic carbocycles. The molecule has 2 rings (SSSR count). The minimum absolute atomic E-state index is 0.0315. The molecule has 1 saturated heterocycles. The van der Waals surface area contributed by atoms with Crippen LogP contribution in [0.1, 0.15) is 25.6 Å². The lowest BCUT2D eigenvalue weighted by atomic mass is 10.0. The third-order valence-corrected chi connectivity index (χ3v) is 2.89. The zero-order chi connectivity index (χ0) is 11.5. The minimum Gasteiger partial charge on any atom is -0.379 e. The molecule has 16 heavy (non-hydrogen) atoms. The predicted molar refractivity (Wildman–Crippen MR) is 61.4 cm³/mol. The number of nitrogens with zero attached hydrogens (tertiary/aromatic N) is 3. The van der Waals surface area contributed by atoms with Crippen LogP contribution in [0.5, 0.6) is 0 Å². The molecule has 2 unspecified atom stereocenters. The van der Waals surface area contributed by atoms with E-state index in [1.165, 1.54) is 0 Å². The van der Waals surface area contributed by atoms with Gasteiger partial charge in [0.2, 0.25) is 5.95 Å². The van der Waals surface area contributed by atoms with Crippen molar-refractivity contribution in [2.24, 2.45) is 5.73 Å². The van der Waals surface area contributed by atoms with E-state index in [9.17, 15) is 0 Å². The van der Waals surface area contributed by atoms with Gasteiger partial charge < -0.3 is 15.8 Å². The van der Waals surface area contributed by atoms with Gasteiger partial charge in [-0.2, -0.15) is 0 Å². The summed E-state index contributed by atoms with van der Waals surface area (Å²) in [5.41, 5.74) is 5.99. The van der Waals surface area contributed by atoms with Crippen molar-refractivity contribution in [2.45, 2.75) is 32.4 Å². The second-order valence-corrected chi connectivity index (χ2v) is 3.96. The van der Waals surface area contributed by atoms with Crippen molar-refractivity contribution < 1.29 is 4.74 Å². The standard InChI is InChI=1S/C10H19N5O/c1-3-12-10-14-13-9(15(10)4-2)7-5-16-6-8(7)11/h7-8H,3-6,11H2,1-2H3,(H,12,14). The monoisotopic (exact) mass is 225 g/mol. The van der Waals surface area contributed by atoms with Crippen molar-refractivity contribution in [1.82, 2.24) is 14.8 Å². The van der Waals surface area contributed by atoms with Crippen LogP contribution in [0.15, 0.2) is 0 Å². The summed E-state index contributed by atoms with van der Waals surface area (Å²) in [5.74, 6) is 1.92. The van der Waals surface area contributed by atoms with Crippen molar-refractivity contribution in [3.05, 3.63) is 5.82 Å². The average molecular weight is 225 g/mol. The van der Waals surface area contributed by atoms with Crippen molar-refractivity contribution in [2.75, 3.05) is 25.1 Å². The Morgan fingerprint density at radius 3 is 2.81 bits per heavy atom. The molecule has 2 atom stereocenters. The molecule has 0 bridgehead atoms. The van der Waals surface area contributed by atoms with Crippen LogP contribution in [0.2, 0.25) is 0 Å². The highest BCUT2D eigenvalue weighted by Crippen LogP contribution is 2.24. The van der Waals surface area contributed by atoms with Gasteiger partial charge in [0.25, 0.3) is 0 Å². The van der Waals surface area contributed by atoms with E-state index in [4.69, 9.17) is 10.5 Å². The van der Waals surface area contributed by atoms with Crippen LogP contribution < -0.4 is 11.1 Å². The summed E-state index contributed by atoms with van der Waals surface area (Å²) in [6, 6.07) is 0.0315. The molecule has 1 aliphatic heterocycles. The van der Waals surface area contributed by atoms with Gasteiger partial charge in [0, 0.05) is 19.1 Å². The molecule has 1 fully saturated rings. The van der Waals surface area contributed by atoms with Gasteiger partial charge in [-0.15, -0.1) is 10.2 Å². The Labute approximate surface area is 95.2 Å². The van der Waals surface area contributed by atoms with Gasteiger partial charge in [0.05, 0.1) is 19.1 Å². The first-order chi connectivity index (χ1) is 7.77. The highest BCUT2D eigenvalue weighted by molar-refractivity contribution is 5.27. The third-order valence-electron chi connectivity index (χ3n) is 2.89. The number of hydrogen-bond acceptors (Lipinski definition) is 5. The van der Waals surface area contributed by atoms with E-state index in [2.05, 4.69) is 27.0 Å². The van der Waals surface area contributed by atoms with E-state index >= 15 is 0 Å². The maximum Gasteiger partial charge on any atom is 0.224 e. The normalized spacial score (nSPS) is 24.9. The SMILES string of the molecule is CCNc1nnc(C2COCC2N)n1CC. The van der Waals surface area contributed by atoms with E-state index in [-0.39, 0.29) is 12.0 Å². The average Bonchev–Trinajstić information content (AvgIpc) is 2.84. The maximum atomic E-state index is 5.99. The maximum absolute atomic E-state index is 5.99. The fourth-order valence-corrected chi connectivity index (χ4v) is 2.03. The molecule has 90 valence electrons. The van der Waals surface area contributed by atoms with Crippen LogP contribution in [-0.4, -0.2) is 40.6 Å². The van der Waals surface area contributed by atoms with Crippen LogP contribution in [0.3, 0.4) is 0 Å². The van der Waals surface area contributed by atoms with Crippen LogP contribution in [0.4, 0.5) is 5.95 Å². The van der Waals surface area contributed by atoms with E-state index in [0.717, 1.165) is 24.9 Å². The summed E-state index contributed by atoms with van der Waals surface area (Å²) in [7, 11) is 0. The number of aromatic nitrogens is 3. The van der Waals surface area contributed by atoms with E-state index in [1.54, 1.807) is 0 Å². The first-order valence-electron chi connectivity index (χ1n) is 5.78. The molecule has 6 nitrogen and oxygen atoms in total. The molecule has 3 N–H and O–H groups in total. The largest absolute Gasteiger partial charge is 0.379 e. The zero-order valence-corrected chi connectivity index (χ0v) is 9.81. The lowest BCUT2D eigenvalue weighted by Gasteiger charge is -2.14. The van der Waals surface area contributed by atoms with Gasteiger partial charge >= 0.3 is 0 Å². The van der Waals surface area contributed by atoms with Gasteiger partial charge in [0.15, 0.2) is 0 Å². The number of rotatable bonds is 4. The molecular formula is C10H19N5O. The molecule has 0 aliphatic carbocycles. The Morgan fingerprint density at radius 1 is 1.44 bits per heavy atom. The van der Waals surface area contributed by atoms with E-state index in [1.807, 2.05) is 6.92 Å².